The molecular formula is C26H31Br2N2O8P. The Kier molecular flexibility index (Phi) is 18.6. The van der Waals surface area contributed by atoms with Crippen LogP contribution in [0.15, 0.2) is 39.3 Å². The second-order valence-corrected chi connectivity index (χ2v) is 10.5. The molecule has 39 heavy (non-hydrogen) atoms. The molecule has 0 fully saturated rings. The molecule has 0 saturated heterocycles. The predicted octanol–water partition coefficient (Wildman–Crippen LogP) is 7.06. The Labute approximate surface area is 246 Å². The summed E-state index contributed by atoms with van der Waals surface area (Å²) in [6, 6.07) is 10.6. The van der Waals surface area contributed by atoms with Crippen molar-refractivity contribution >= 4 is 51.8 Å². The van der Waals surface area contributed by atoms with Gasteiger partial charge in [0, 0.05) is 11.6 Å². The third-order valence-corrected chi connectivity index (χ3v) is 7.73. The van der Waals surface area contributed by atoms with Gasteiger partial charge in [-0.25, -0.2) is 0 Å². The first-order valence-electron chi connectivity index (χ1n) is 11.2. The molecule has 0 bridgehead atoms. The lowest BCUT2D eigenvalue weighted by molar-refractivity contribution is 0.112. The molecule has 13 heteroatoms. The zero-order chi connectivity index (χ0) is 29.8. The molecule has 2 aromatic rings. The summed E-state index contributed by atoms with van der Waals surface area (Å²) in [7, 11) is 3.15. The molecule has 2 rings (SSSR count). The summed E-state index contributed by atoms with van der Waals surface area (Å²) in [6.07, 6.45) is 3.67. The number of halogens is 2. The second kappa shape index (κ2) is 20.1. The fraction of sp³-hybridized carbons (Fsp3) is 0.346. The van der Waals surface area contributed by atoms with E-state index in [9.17, 15) is 9.36 Å². The van der Waals surface area contributed by atoms with Crippen LogP contribution < -0.4 is 18.9 Å². The van der Waals surface area contributed by atoms with E-state index in [1.807, 2.05) is 18.2 Å². The average Bonchev–Trinajstić information content (AvgIpc) is 2.93. The Hall–Kier alpha value is -2.86. The summed E-state index contributed by atoms with van der Waals surface area (Å²) in [5.74, 6) is 2.52. The van der Waals surface area contributed by atoms with Gasteiger partial charge in [0.05, 0.1) is 53.8 Å². The fourth-order valence-electron chi connectivity index (χ4n) is 2.69. The Morgan fingerprint density at radius 3 is 1.46 bits per heavy atom. The monoisotopic (exact) mass is 688 g/mol. The van der Waals surface area contributed by atoms with Crippen molar-refractivity contribution in [2.24, 2.45) is 0 Å². The van der Waals surface area contributed by atoms with Crippen molar-refractivity contribution in [3.8, 4) is 35.1 Å². The van der Waals surface area contributed by atoms with Crippen LogP contribution in [0.2, 0.25) is 0 Å². The Bertz CT molecular complexity index is 1170. The highest BCUT2D eigenvalue weighted by molar-refractivity contribution is 9.11. The van der Waals surface area contributed by atoms with E-state index in [1.165, 1.54) is 20.3 Å². The lowest BCUT2D eigenvalue weighted by Gasteiger charge is -2.12. The summed E-state index contributed by atoms with van der Waals surface area (Å²) in [5.41, 5.74) is 1.38. The van der Waals surface area contributed by atoms with E-state index in [4.69, 9.17) is 38.5 Å². The molecule has 0 saturated carbocycles. The van der Waals surface area contributed by atoms with Crippen molar-refractivity contribution < 1.29 is 37.4 Å². The number of carbonyl (C=O) groups is 1. The van der Waals surface area contributed by atoms with Crippen LogP contribution in [-0.4, -0.2) is 54.1 Å². The quantitative estimate of drug-likeness (QED) is 0.137. The van der Waals surface area contributed by atoms with Crippen molar-refractivity contribution in [1.29, 1.82) is 10.5 Å². The van der Waals surface area contributed by atoms with Crippen molar-refractivity contribution in [2.75, 3.05) is 47.8 Å². The van der Waals surface area contributed by atoms with Gasteiger partial charge < -0.3 is 28.0 Å². The fourth-order valence-corrected chi connectivity index (χ4v) is 5.01. The van der Waals surface area contributed by atoms with Crippen LogP contribution in [0.3, 0.4) is 0 Å². The highest BCUT2D eigenvalue weighted by atomic mass is 79.9. The first kappa shape index (κ1) is 36.1. The average molecular weight is 690 g/mol. The van der Waals surface area contributed by atoms with Gasteiger partial charge in [-0.3, -0.25) is 9.36 Å². The zero-order valence-electron chi connectivity index (χ0n) is 22.5. The van der Waals surface area contributed by atoms with Crippen LogP contribution in [0.5, 0.6) is 23.0 Å². The largest absolute Gasteiger partial charge is 0.495 e. The normalized spacial score (nSPS) is 10.1. The molecule has 0 aliphatic carbocycles. The molecule has 2 aromatic carbocycles. The predicted molar refractivity (Wildman–Crippen MR) is 156 cm³/mol. The summed E-state index contributed by atoms with van der Waals surface area (Å²) >= 11 is 6.66. The van der Waals surface area contributed by atoms with Gasteiger partial charge in [-0.1, -0.05) is 0 Å². The number of nitrogens with zero attached hydrogens (tertiary/aromatic N) is 2. The van der Waals surface area contributed by atoms with Crippen molar-refractivity contribution in [2.45, 2.75) is 13.8 Å². The minimum absolute atomic E-state index is 0.172. The van der Waals surface area contributed by atoms with Crippen LogP contribution in [0.25, 0.3) is 6.08 Å². The number of benzene rings is 2. The minimum Gasteiger partial charge on any atom is -0.495 e. The number of allylic oxidation sites excluding steroid dienone is 1. The molecule has 212 valence electrons. The van der Waals surface area contributed by atoms with Gasteiger partial charge in [-0.05, 0) is 81.6 Å². The van der Waals surface area contributed by atoms with E-state index in [1.54, 1.807) is 52.3 Å². The number of hydrogen-bond acceptors (Lipinski definition) is 10. The maximum Gasteiger partial charge on any atom is 0.344 e. The molecule has 0 heterocycles. The van der Waals surface area contributed by atoms with E-state index < -0.39 is 7.60 Å². The van der Waals surface area contributed by atoms with Crippen LogP contribution >= 0.6 is 39.5 Å². The molecule has 0 atom stereocenters. The summed E-state index contributed by atoms with van der Waals surface area (Å²) in [4.78, 5) is 10.5. The molecule has 0 N–H and O–H groups in total. The lowest BCUT2D eigenvalue weighted by Crippen LogP contribution is -1.98. The van der Waals surface area contributed by atoms with Gasteiger partial charge in [0.15, 0.2) is 0 Å². The molecule has 10 nitrogen and oxygen atoms in total. The van der Waals surface area contributed by atoms with Gasteiger partial charge in [0.1, 0.15) is 44.4 Å². The standard InChI is InChI=1S/C11H10BrNO2.C9H9BrO3.C6H12NO3P/c1-14-9-6-8(4-3-5-13)7-10(15-2)11(9)12;1-12-7-3-6(5-11)4-8(13-2)9(7)10;1-3-9-11(8,6-5-7)10-4-2/h3-4,6-7H,1-2H3;3-5H,1-2H3;3-4,6H2,1-2H3/b4-3+;;. The number of hydrogen-bond donors (Lipinski definition) is 0. The third kappa shape index (κ3) is 12.7. The molecule has 0 aromatic heterocycles. The van der Waals surface area contributed by atoms with E-state index in [0.29, 0.717) is 46.2 Å². The summed E-state index contributed by atoms with van der Waals surface area (Å²) in [6.45, 7) is 4.03. The number of aldehydes is 1. The highest BCUT2D eigenvalue weighted by Crippen LogP contribution is 2.47. The maximum atomic E-state index is 11.3. The van der Waals surface area contributed by atoms with Gasteiger partial charge in [-0.15, -0.1) is 0 Å². The van der Waals surface area contributed by atoms with E-state index in [2.05, 4.69) is 31.9 Å². The molecule has 0 radical (unpaired) electrons. The van der Waals surface area contributed by atoms with Crippen LogP contribution in [0, 0.1) is 22.7 Å². The van der Waals surface area contributed by atoms with Crippen LogP contribution in [-0.2, 0) is 13.6 Å². The molecule has 0 aliphatic rings. The SMILES string of the molecule is CCOP(=O)(CC#N)OCC.COc1cc(/C=C/C#N)cc(OC)c1Br.COc1cc(C=O)cc(OC)c1Br. The van der Waals surface area contributed by atoms with Gasteiger partial charge in [-0.2, -0.15) is 10.5 Å². The van der Waals surface area contributed by atoms with Crippen molar-refractivity contribution in [1.82, 2.24) is 0 Å². The van der Waals surface area contributed by atoms with Gasteiger partial charge in [0.25, 0.3) is 0 Å². The Balaban J connectivity index is 0.000000563. The van der Waals surface area contributed by atoms with E-state index >= 15 is 0 Å². The van der Waals surface area contributed by atoms with Crippen LogP contribution in [0.4, 0.5) is 0 Å². The van der Waals surface area contributed by atoms with Gasteiger partial charge in [0.2, 0.25) is 0 Å². The number of ether oxygens (including phenoxy) is 4. The molecule has 0 amide bonds. The van der Waals surface area contributed by atoms with E-state index in [-0.39, 0.29) is 6.16 Å². The van der Waals surface area contributed by atoms with Crippen molar-refractivity contribution in [3.05, 3.63) is 50.4 Å². The Morgan fingerprint density at radius 1 is 0.795 bits per heavy atom. The molecule has 0 aliphatic heterocycles. The minimum atomic E-state index is -3.08. The number of rotatable bonds is 11. The maximum absolute atomic E-state index is 11.3. The zero-order valence-corrected chi connectivity index (χ0v) is 26.6. The van der Waals surface area contributed by atoms with Crippen molar-refractivity contribution in [3.63, 3.8) is 0 Å². The number of carbonyl (C=O) groups excluding carboxylic acids is 1. The molecule has 0 spiro atoms. The van der Waals surface area contributed by atoms with Gasteiger partial charge >= 0.3 is 7.60 Å². The Morgan fingerprint density at radius 2 is 1.18 bits per heavy atom. The number of methoxy groups -OCH3 is 4. The lowest BCUT2D eigenvalue weighted by atomic mass is 10.2. The van der Waals surface area contributed by atoms with Crippen LogP contribution in [0.1, 0.15) is 29.8 Å². The van der Waals surface area contributed by atoms with E-state index in [0.717, 1.165) is 16.3 Å². The summed E-state index contributed by atoms with van der Waals surface area (Å²) in [5, 5.41) is 16.7. The topological polar surface area (TPSA) is 137 Å². The summed E-state index contributed by atoms with van der Waals surface area (Å²) < 4.78 is 42.9. The highest BCUT2D eigenvalue weighted by Gasteiger charge is 2.22. The molecular weight excluding hydrogens is 659 g/mol. The third-order valence-electron chi connectivity index (χ3n) is 4.34. The smallest absolute Gasteiger partial charge is 0.344 e. The first-order chi connectivity index (χ1) is 18.6. The second-order valence-electron chi connectivity index (χ2n) is 6.82. The first-order valence-corrected chi connectivity index (χ1v) is 14.5. The molecule has 0 unspecified atom stereocenters. The number of nitriles is 2.